The van der Waals surface area contributed by atoms with Gasteiger partial charge in [0.05, 0.1) is 0 Å². The fourth-order valence-electron chi connectivity index (χ4n) is 2.37. The molecule has 98 valence electrons. The second-order valence-electron chi connectivity index (χ2n) is 4.59. The number of hydrogen-bond donors (Lipinski definition) is 1. The number of aromatic nitrogens is 2. The Hall–Kier alpha value is -2.09. The van der Waals surface area contributed by atoms with Crippen molar-refractivity contribution in [2.75, 3.05) is 0 Å². The predicted molar refractivity (Wildman–Crippen MR) is 83.1 cm³/mol. The molecule has 2 heterocycles. The first-order valence-electron chi connectivity index (χ1n) is 6.63. The lowest BCUT2D eigenvalue weighted by atomic mass is 9.95. The largest absolute Gasteiger partial charge is 0.346 e. The highest BCUT2D eigenvalue weighted by Crippen LogP contribution is 2.31. The summed E-state index contributed by atoms with van der Waals surface area (Å²) in [6.07, 6.45) is 11.0. The van der Waals surface area contributed by atoms with Gasteiger partial charge in [0, 0.05) is 23.3 Å². The molecule has 0 spiro atoms. The molecule has 1 N–H and O–H groups in total. The number of fused-ring (bicyclic) bond motifs is 1. The van der Waals surface area contributed by atoms with Crippen molar-refractivity contribution in [2.45, 2.75) is 27.2 Å². The highest BCUT2D eigenvalue weighted by Gasteiger charge is 2.11. The molecule has 0 saturated carbocycles. The molecule has 0 amide bonds. The van der Waals surface area contributed by atoms with Gasteiger partial charge in [-0.05, 0) is 43.0 Å². The average Bonchev–Trinajstić information content (AvgIpc) is 2.81. The topological polar surface area (TPSA) is 28.7 Å². The fraction of sp³-hybridized carbons (Fsp3) is 0.235. The van der Waals surface area contributed by atoms with Gasteiger partial charge in [-0.15, -0.1) is 0 Å². The van der Waals surface area contributed by atoms with E-state index >= 15 is 0 Å². The summed E-state index contributed by atoms with van der Waals surface area (Å²) in [5.74, 6) is 0. The Morgan fingerprint density at radius 1 is 1.47 bits per heavy atom. The van der Waals surface area contributed by atoms with Crippen LogP contribution in [0.2, 0.25) is 0 Å². The summed E-state index contributed by atoms with van der Waals surface area (Å²) in [6, 6.07) is 2.17. The molecule has 0 radical (unpaired) electrons. The Kier molecular flexibility index (Phi) is 4.00. The highest BCUT2D eigenvalue weighted by molar-refractivity contribution is 5.95. The summed E-state index contributed by atoms with van der Waals surface area (Å²) in [4.78, 5) is 7.67. The van der Waals surface area contributed by atoms with Gasteiger partial charge in [0.1, 0.15) is 5.65 Å². The summed E-state index contributed by atoms with van der Waals surface area (Å²) in [7, 11) is 0. The molecular weight excluding hydrogens is 232 g/mol. The third kappa shape index (κ3) is 2.53. The van der Waals surface area contributed by atoms with Crippen LogP contribution in [-0.4, -0.2) is 9.97 Å². The molecule has 0 atom stereocenters. The lowest BCUT2D eigenvalue weighted by Crippen LogP contribution is -1.88. The standard InChI is InChI=1S/C17H20N2/c1-5-8-14(13(6-2)7-3)16-11-19-17-15(16)9-12(4)10-18-17/h5-6,8-11H,1,7H2,2-4H3,(H,18,19)/b13-6-,14-8+. The van der Waals surface area contributed by atoms with E-state index in [-0.39, 0.29) is 0 Å². The lowest BCUT2D eigenvalue weighted by Gasteiger charge is -2.09. The van der Waals surface area contributed by atoms with Gasteiger partial charge < -0.3 is 4.98 Å². The number of aryl methyl sites for hydroxylation is 1. The van der Waals surface area contributed by atoms with E-state index in [1.54, 1.807) is 0 Å². The van der Waals surface area contributed by atoms with Crippen LogP contribution in [0.15, 0.2) is 48.8 Å². The lowest BCUT2D eigenvalue weighted by molar-refractivity contribution is 1.15. The smallest absolute Gasteiger partial charge is 0.137 e. The normalized spacial score (nSPS) is 13.0. The number of pyridine rings is 1. The van der Waals surface area contributed by atoms with E-state index in [4.69, 9.17) is 0 Å². The minimum Gasteiger partial charge on any atom is -0.346 e. The maximum Gasteiger partial charge on any atom is 0.137 e. The van der Waals surface area contributed by atoms with Gasteiger partial charge in [0.25, 0.3) is 0 Å². The van der Waals surface area contributed by atoms with E-state index in [0.717, 1.165) is 12.1 Å². The van der Waals surface area contributed by atoms with Gasteiger partial charge in [-0.1, -0.05) is 31.7 Å². The molecule has 0 aliphatic rings. The van der Waals surface area contributed by atoms with Gasteiger partial charge in [-0.2, -0.15) is 0 Å². The van der Waals surface area contributed by atoms with Crippen molar-refractivity contribution < 1.29 is 0 Å². The SMILES string of the molecule is C=C/C=C(\C(=C/C)CC)c1c[nH]c2ncc(C)cc12. The van der Waals surface area contributed by atoms with Crippen molar-refractivity contribution >= 4 is 16.6 Å². The van der Waals surface area contributed by atoms with Crippen LogP contribution in [0.3, 0.4) is 0 Å². The number of hydrogen-bond acceptors (Lipinski definition) is 1. The van der Waals surface area contributed by atoms with E-state index in [1.807, 2.05) is 18.5 Å². The summed E-state index contributed by atoms with van der Waals surface area (Å²) in [5.41, 5.74) is 5.84. The third-order valence-corrected chi connectivity index (χ3v) is 3.32. The minimum atomic E-state index is 0.933. The molecule has 0 saturated heterocycles. The van der Waals surface area contributed by atoms with Crippen molar-refractivity contribution in [2.24, 2.45) is 0 Å². The molecule has 2 aromatic heterocycles. The minimum absolute atomic E-state index is 0.933. The predicted octanol–water partition coefficient (Wildman–Crippen LogP) is 4.80. The average molecular weight is 252 g/mol. The second kappa shape index (κ2) is 5.70. The molecule has 0 aliphatic heterocycles. The Morgan fingerprint density at radius 2 is 2.26 bits per heavy atom. The van der Waals surface area contributed by atoms with Crippen LogP contribution in [0.1, 0.15) is 31.4 Å². The first kappa shape index (κ1) is 13.3. The Balaban J connectivity index is 2.67. The van der Waals surface area contributed by atoms with Gasteiger partial charge in [-0.25, -0.2) is 4.98 Å². The zero-order chi connectivity index (χ0) is 13.8. The summed E-state index contributed by atoms with van der Waals surface area (Å²) < 4.78 is 0. The van der Waals surface area contributed by atoms with Crippen molar-refractivity contribution in [3.63, 3.8) is 0 Å². The summed E-state index contributed by atoms with van der Waals surface area (Å²) in [6.45, 7) is 10.1. The maximum absolute atomic E-state index is 4.43. The van der Waals surface area contributed by atoms with Crippen molar-refractivity contribution in [1.82, 2.24) is 9.97 Å². The van der Waals surface area contributed by atoms with Crippen LogP contribution in [0.4, 0.5) is 0 Å². The molecule has 19 heavy (non-hydrogen) atoms. The number of nitrogens with zero attached hydrogens (tertiary/aromatic N) is 1. The van der Waals surface area contributed by atoms with Crippen LogP contribution in [-0.2, 0) is 0 Å². The van der Waals surface area contributed by atoms with Crippen LogP contribution in [0.5, 0.6) is 0 Å². The molecule has 2 aromatic rings. The molecule has 2 heteroatoms. The number of rotatable bonds is 4. The van der Waals surface area contributed by atoms with Crippen molar-refractivity contribution in [1.29, 1.82) is 0 Å². The third-order valence-electron chi connectivity index (χ3n) is 3.32. The number of H-pyrrole nitrogens is 1. The van der Waals surface area contributed by atoms with E-state index < -0.39 is 0 Å². The van der Waals surface area contributed by atoms with Crippen molar-refractivity contribution in [3.05, 3.63) is 60.0 Å². The quantitative estimate of drug-likeness (QED) is 0.778. The first-order chi connectivity index (χ1) is 9.21. The molecule has 0 aliphatic carbocycles. The fourth-order valence-corrected chi connectivity index (χ4v) is 2.37. The van der Waals surface area contributed by atoms with Gasteiger partial charge in [-0.3, -0.25) is 0 Å². The molecule has 0 aromatic carbocycles. The Morgan fingerprint density at radius 3 is 2.89 bits per heavy atom. The monoisotopic (exact) mass is 252 g/mol. The van der Waals surface area contributed by atoms with Crippen LogP contribution in [0.25, 0.3) is 16.6 Å². The number of aromatic amines is 1. The zero-order valence-electron chi connectivity index (χ0n) is 11.8. The molecule has 2 rings (SSSR count). The Bertz CT molecular complexity index is 657. The van der Waals surface area contributed by atoms with Gasteiger partial charge in [0.15, 0.2) is 0 Å². The maximum atomic E-state index is 4.43. The highest BCUT2D eigenvalue weighted by atomic mass is 14.8. The molecule has 2 nitrogen and oxygen atoms in total. The van der Waals surface area contributed by atoms with Crippen LogP contribution in [0, 0.1) is 6.92 Å². The molecule has 0 bridgehead atoms. The summed E-state index contributed by atoms with van der Waals surface area (Å²) >= 11 is 0. The molecule has 0 fully saturated rings. The van der Waals surface area contributed by atoms with Gasteiger partial charge in [0.2, 0.25) is 0 Å². The summed E-state index contributed by atoms with van der Waals surface area (Å²) in [5, 5.41) is 1.17. The first-order valence-corrected chi connectivity index (χ1v) is 6.63. The number of nitrogens with one attached hydrogen (secondary N) is 1. The van der Waals surface area contributed by atoms with Gasteiger partial charge >= 0.3 is 0 Å². The zero-order valence-corrected chi connectivity index (χ0v) is 11.8. The van der Waals surface area contributed by atoms with E-state index in [0.29, 0.717) is 0 Å². The Labute approximate surface area is 114 Å². The van der Waals surface area contributed by atoms with Crippen LogP contribution < -0.4 is 0 Å². The second-order valence-corrected chi connectivity index (χ2v) is 4.59. The number of allylic oxidation sites excluding steroid dienone is 5. The van der Waals surface area contributed by atoms with E-state index in [1.165, 1.54) is 27.7 Å². The van der Waals surface area contributed by atoms with Crippen molar-refractivity contribution in [3.8, 4) is 0 Å². The van der Waals surface area contributed by atoms with E-state index in [9.17, 15) is 0 Å². The molecule has 0 unspecified atom stereocenters. The molecular formula is C17H20N2. The van der Waals surface area contributed by atoms with Crippen LogP contribution >= 0.6 is 0 Å². The van der Waals surface area contributed by atoms with E-state index in [2.05, 4.69) is 55.5 Å².